The van der Waals surface area contributed by atoms with Crippen molar-refractivity contribution in [1.82, 2.24) is 10.3 Å². The highest BCUT2D eigenvalue weighted by atomic mass is 32.1. The maximum Gasteiger partial charge on any atom is 0.311 e. The molecular weight excluding hydrogens is 282 g/mol. The molecule has 0 aliphatic carbocycles. The van der Waals surface area contributed by atoms with Gasteiger partial charge < -0.3 is 15.4 Å². The van der Waals surface area contributed by atoms with Crippen molar-refractivity contribution < 1.29 is 19.1 Å². The average molecular weight is 297 g/mol. The number of esters is 1. The predicted octanol–water partition coefficient (Wildman–Crippen LogP) is 0.466. The van der Waals surface area contributed by atoms with Gasteiger partial charge in [-0.05, 0) is 13.3 Å². The molecule has 1 saturated heterocycles. The molecule has 1 aromatic rings. The molecule has 0 radical (unpaired) electrons. The Hall–Kier alpha value is -1.96. The van der Waals surface area contributed by atoms with E-state index in [1.165, 1.54) is 11.3 Å². The molecule has 0 saturated carbocycles. The molecule has 2 rings (SSSR count). The summed E-state index contributed by atoms with van der Waals surface area (Å²) in [6, 6.07) is -0.500. The molecule has 0 bridgehead atoms. The lowest BCUT2D eigenvalue weighted by molar-refractivity contribution is -0.142. The van der Waals surface area contributed by atoms with E-state index in [0.29, 0.717) is 30.3 Å². The Bertz CT molecular complexity index is 529. The number of hydrogen-bond donors (Lipinski definition) is 2. The van der Waals surface area contributed by atoms with Crippen LogP contribution in [-0.2, 0) is 25.5 Å². The Balaban J connectivity index is 1.87. The fourth-order valence-corrected chi connectivity index (χ4v) is 2.52. The minimum Gasteiger partial charge on any atom is -0.466 e. The van der Waals surface area contributed by atoms with Crippen LogP contribution < -0.4 is 10.6 Å². The van der Waals surface area contributed by atoms with Crippen LogP contribution in [0.5, 0.6) is 0 Å². The lowest BCUT2D eigenvalue weighted by Gasteiger charge is -2.08. The third kappa shape index (κ3) is 3.77. The van der Waals surface area contributed by atoms with Crippen LogP contribution in [0.4, 0.5) is 5.13 Å². The van der Waals surface area contributed by atoms with Crippen molar-refractivity contribution in [2.45, 2.75) is 32.2 Å². The van der Waals surface area contributed by atoms with Crippen molar-refractivity contribution in [3.63, 3.8) is 0 Å². The molecule has 2 amide bonds. The minimum absolute atomic E-state index is 0.0837. The standard InChI is InChI=1S/C12H15N3O4S/c1-2-19-10(17)5-7-6-20-12(13-7)15-11(18)8-3-4-9(16)14-8/h6,8H,2-5H2,1H3,(H,14,16)(H,13,15,18). The van der Waals surface area contributed by atoms with E-state index in [4.69, 9.17) is 4.74 Å². The molecule has 1 aliphatic heterocycles. The first-order chi connectivity index (χ1) is 9.58. The predicted molar refractivity (Wildman–Crippen MR) is 72.2 cm³/mol. The van der Waals surface area contributed by atoms with Gasteiger partial charge in [-0.2, -0.15) is 0 Å². The van der Waals surface area contributed by atoms with Crippen molar-refractivity contribution in [2.75, 3.05) is 11.9 Å². The molecule has 0 aromatic carbocycles. The van der Waals surface area contributed by atoms with Gasteiger partial charge in [0, 0.05) is 11.8 Å². The van der Waals surface area contributed by atoms with Gasteiger partial charge in [0.1, 0.15) is 6.04 Å². The van der Waals surface area contributed by atoms with Gasteiger partial charge in [0.15, 0.2) is 5.13 Å². The zero-order chi connectivity index (χ0) is 14.5. The van der Waals surface area contributed by atoms with E-state index in [9.17, 15) is 14.4 Å². The number of anilines is 1. The molecule has 0 spiro atoms. The summed E-state index contributed by atoms with van der Waals surface area (Å²) in [6.07, 6.45) is 0.941. The van der Waals surface area contributed by atoms with Gasteiger partial charge >= 0.3 is 5.97 Å². The summed E-state index contributed by atoms with van der Waals surface area (Å²) in [6.45, 7) is 2.06. The van der Waals surface area contributed by atoms with E-state index >= 15 is 0 Å². The smallest absolute Gasteiger partial charge is 0.311 e. The fraction of sp³-hybridized carbons (Fsp3) is 0.500. The Morgan fingerprint density at radius 1 is 1.60 bits per heavy atom. The zero-order valence-electron chi connectivity index (χ0n) is 11.0. The largest absolute Gasteiger partial charge is 0.466 e. The Kier molecular flexibility index (Phi) is 4.67. The number of carbonyl (C=O) groups is 3. The van der Waals surface area contributed by atoms with Crippen LogP contribution >= 0.6 is 11.3 Å². The van der Waals surface area contributed by atoms with E-state index in [1.807, 2.05) is 0 Å². The van der Waals surface area contributed by atoms with Crippen LogP contribution in [0.25, 0.3) is 0 Å². The molecule has 8 heteroatoms. The monoisotopic (exact) mass is 297 g/mol. The molecule has 2 heterocycles. The maximum absolute atomic E-state index is 11.8. The highest BCUT2D eigenvalue weighted by Crippen LogP contribution is 2.17. The van der Waals surface area contributed by atoms with E-state index in [-0.39, 0.29) is 24.2 Å². The van der Waals surface area contributed by atoms with Gasteiger partial charge in [-0.15, -0.1) is 11.3 Å². The SMILES string of the molecule is CCOC(=O)Cc1csc(NC(=O)C2CCC(=O)N2)n1. The topological polar surface area (TPSA) is 97.4 Å². The molecule has 108 valence electrons. The normalized spacial score (nSPS) is 17.6. The molecule has 1 fully saturated rings. The number of nitrogens with one attached hydrogen (secondary N) is 2. The van der Waals surface area contributed by atoms with E-state index < -0.39 is 6.04 Å². The zero-order valence-corrected chi connectivity index (χ0v) is 11.8. The van der Waals surface area contributed by atoms with Gasteiger partial charge in [-0.1, -0.05) is 0 Å². The summed E-state index contributed by atoms with van der Waals surface area (Å²) in [5, 5.41) is 7.32. The lowest BCUT2D eigenvalue weighted by Crippen LogP contribution is -2.37. The highest BCUT2D eigenvalue weighted by Gasteiger charge is 2.27. The summed E-state index contributed by atoms with van der Waals surface area (Å²) in [5.74, 6) is -0.751. The molecule has 1 atom stereocenters. The Morgan fingerprint density at radius 2 is 2.40 bits per heavy atom. The molecule has 2 N–H and O–H groups in total. The van der Waals surface area contributed by atoms with Crippen LogP contribution in [0.1, 0.15) is 25.5 Å². The number of hydrogen-bond acceptors (Lipinski definition) is 6. The van der Waals surface area contributed by atoms with Crippen LogP contribution in [0, 0.1) is 0 Å². The van der Waals surface area contributed by atoms with Gasteiger partial charge in [-0.3, -0.25) is 14.4 Å². The van der Waals surface area contributed by atoms with Gasteiger partial charge in [0.05, 0.1) is 18.7 Å². The fourth-order valence-electron chi connectivity index (χ4n) is 1.81. The first-order valence-electron chi connectivity index (χ1n) is 6.28. The van der Waals surface area contributed by atoms with E-state index in [0.717, 1.165) is 0 Å². The average Bonchev–Trinajstić information content (AvgIpc) is 2.99. The van der Waals surface area contributed by atoms with E-state index in [1.54, 1.807) is 12.3 Å². The van der Waals surface area contributed by atoms with Crippen LogP contribution in [-0.4, -0.2) is 35.4 Å². The van der Waals surface area contributed by atoms with E-state index in [2.05, 4.69) is 15.6 Å². The summed E-state index contributed by atoms with van der Waals surface area (Å²) in [7, 11) is 0. The molecule has 20 heavy (non-hydrogen) atoms. The van der Waals surface area contributed by atoms with Crippen molar-refractivity contribution in [3.05, 3.63) is 11.1 Å². The third-order valence-corrected chi connectivity index (χ3v) is 3.53. The summed E-state index contributed by atoms with van der Waals surface area (Å²) in [5.41, 5.74) is 0.555. The number of aromatic nitrogens is 1. The van der Waals surface area contributed by atoms with Crippen molar-refractivity contribution in [2.24, 2.45) is 0 Å². The Morgan fingerprint density at radius 3 is 3.05 bits per heavy atom. The van der Waals surface area contributed by atoms with Crippen molar-refractivity contribution in [3.8, 4) is 0 Å². The second-order valence-electron chi connectivity index (χ2n) is 4.27. The molecular formula is C12H15N3O4S. The second kappa shape index (κ2) is 6.47. The highest BCUT2D eigenvalue weighted by molar-refractivity contribution is 7.13. The summed E-state index contributed by atoms with van der Waals surface area (Å²) < 4.78 is 4.82. The third-order valence-electron chi connectivity index (χ3n) is 2.72. The summed E-state index contributed by atoms with van der Waals surface area (Å²) in [4.78, 5) is 38.3. The molecule has 1 unspecified atom stereocenters. The van der Waals surface area contributed by atoms with Crippen LogP contribution in [0.2, 0.25) is 0 Å². The quantitative estimate of drug-likeness (QED) is 0.770. The molecule has 1 aliphatic rings. The number of amides is 2. The van der Waals surface area contributed by atoms with Crippen molar-refractivity contribution in [1.29, 1.82) is 0 Å². The number of carbonyl (C=O) groups excluding carboxylic acids is 3. The first kappa shape index (κ1) is 14.4. The molecule has 1 aromatic heterocycles. The lowest BCUT2D eigenvalue weighted by atomic mass is 10.2. The number of nitrogens with zero attached hydrogens (tertiary/aromatic N) is 1. The van der Waals surface area contributed by atoms with Crippen LogP contribution in [0.3, 0.4) is 0 Å². The van der Waals surface area contributed by atoms with Crippen molar-refractivity contribution >= 4 is 34.3 Å². The minimum atomic E-state index is -0.500. The van der Waals surface area contributed by atoms with Crippen LogP contribution in [0.15, 0.2) is 5.38 Å². The first-order valence-corrected chi connectivity index (χ1v) is 7.16. The Labute approximate surface area is 119 Å². The number of thiazole rings is 1. The maximum atomic E-state index is 11.8. The molecule has 7 nitrogen and oxygen atoms in total. The number of rotatable bonds is 5. The van der Waals surface area contributed by atoms with Gasteiger partial charge in [0.2, 0.25) is 11.8 Å². The number of ether oxygens (including phenoxy) is 1. The summed E-state index contributed by atoms with van der Waals surface area (Å²) >= 11 is 1.23. The van der Waals surface area contributed by atoms with Gasteiger partial charge in [-0.25, -0.2) is 4.98 Å². The second-order valence-corrected chi connectivity index (χ2v) is 5.13. The van der Waals surface area contributed by atoms with Gasteiger partial charge in [0.25, 0.3) is 0 Å².